The van der Waals surface area contributed by atoms with E-state index in [1.54, 1.807) is 14.7 Å². The Morgan fingerprint density at radius 2 is 1.39 bits per heavy atom. The lowest BCUT2D eigenvalue weighted by Crippen LogP contribution is -2.56. The van der Waals surface area contributed by atoms with Gasteiger partial charge in [0, 0.05) is 51.5 Å². The van der Waals surface area contributed by atoms with Crippen molar-refractivity contribution < 1.29 is 19.1 Å². The first kappa shape index (κ1) is 20.1. The van der Waals surface area contributed by atoms with Crippen LogP contribution in [-0.4, -0.2) is 98.0 Å². The maximum atomic E-state index is 12.7. The number of carbonyl (C=O) groups is 3. The minimum absolute atomic E-state index is 0.0392. The molecule has 8 heteroatoms. The van der Waals surface area contributed by atoms with Gasteiger partial charge in [-0.1, -0.05) is 18.2 Å². The van der Waals surface area contributed by atoms with Crippen molar-refractivity contribution >= 4 is 23.4 Å². The summed E-state index contributed by atoms with van der Waals surface area (Å²) in [4.78, 5) is 44.4. The molecule has 0 radical (unpaired) electrons. The Bertz CT molecular complexity index is 683. The van der Waals surface area contributed by atoms with Crippen LogP contribution in [0.25, 0.3) is 0 Å². The number of morpholine rings is 1. The van der Waals surface area contributed by atoms with Crippen LogP contribution in [0.2, 0.25) is 0 Å². The number of rotatable bonds is 4. The Balaban J connectivity index is 1.49. The molecular weight excluding hydrogens is 360 g/mol. The predicted octanol–water partition coefficient (Wildman–Crippen LogP) is 0.0425. The van der Waals surface area contributed by atoms with E-state index in [2.05, 4.69) is 0 Å². The molecule has 0 atom stereocenters. The van der Waals surface area contributed by atoms with Gasteiger partial charge < -0.3 is 24.3 Å². The second kappa shape index (κ2) is 9.54. The highest BCUT2D eigenvalue weighted by Crippen LogP contribution is 2.14. The number of anilines is 1. The molecule has 2 saturated heterocycles. The van der Waals surface area contributed by atoms with Gasteiger partial charge in [-0.3, -0.25) is 14.4 Å². The summed E-state index contributed by atoms with van der Waals surface area (Å²) >= 11 is 0. The smallest absolute Gasteiger partial charge is 0.312 e. The Kier molecular flexibility index (Phi) is 6.86. The first-order valence-corrected chi connectivity index (χ1v) is 9.84. The molecule has 152 valence electrons. The molecular formula is C20H28N4O4. The molecule has 3 amide bonds. The Morgan fingerprint density at radius 1 is 0.857 bits per heavy atom. The monoisotopic (exact) mass is 388 g/mol. The molecule has 0 spiro atoms. The number of nitrogens with zero attached hydrogens (tertiary/aromatic N) is 4. The normalized spacial score (nSPS) is 17.4. The highest BCUT2D eigenvalue weighted by molar-refractivity contribution is 6.34. The van der Waals surface area contributed by atoms with Gasteiger partial charge in [0.15, 0.2) is 0 Å². The summed E-state index contributed by atoms with van der Waals surface area (Å²) in [5.74, 6) is -0.907. The molecule has 1 aromatic rings. The molecule has 1 aromatic carbocycles. The number of carbonyl (C=O) groups excluding carboxylic acids is 3. The van der Waals surface area contributed by atoms with Gasteiger partial charge in [0.1, 0.15) is 0 Å². The van der Waals surface area contributed by atoms with E-state index >= 15 is 0 Å². The average molecular weight is 388 g/mol. The predicted molar refractivity (Wildman–Crippen MR) is 105 cm³/mol. The van der Waals surface area contributed by atoms with E-state index in [-0.39, 0.29) is 5.91 Å². The molecule has 2 heterocycles. The minimum Gasteiger partial charge on any atom is -0.378 e. The average Bonchev–Trinajstić information content (AvgIpc) is 2.77. The van der Waals surface area contributed by atoms with Crippen LogP contribution in [0.3, 0.4) is 0 Å². The second-order valence-corrected chi connectivity index (χ2v) is 6.93. The number of ether oxygens (including phenoxy) is 1. The van der Waals surface area contributed by atoms with E-state index in [0.717, 1.165) is 12.2 Å². The fraction of sp³-hybridized carbons (Fsp3) is 0.550. The molecule has 0 aromatic heterocycles. The first-order valence-electron chi connectivity index (χ1n) is 9.84. The SMILES string of the molecule is CCN(CC(=O)N1CCN(C(=O)C(=O)N2CCOCC2)CC1)c1ccccc1. The van der Waals surface area contributed by atoms with E-state index in [4.69, 9.17) is 4.74 Å². The molecule has 0 unspecified atom stereocenters. The maximum Gasteiger partial charge on any atom is 0.312 e. The third kappa shape index (κ3) is 4.81. The largest absolute Gasteiger partial charge is 0.378 e. The van der Waals surface area contributed by atoms with Crippen LogP contribution in [0.15, 0.2) is 30.3 Å². The van der Waals surface area contributed by atoms with Gasteiger partial charge in [0.2, 0.25) is 5.91 Å². The van der Waals surface area contributed by atoms with Crippen molar-refractivity contribution in [1.82, 2.24) is 14.7 Å². The fourth-order valence-corrected chi connectivity index (χ4v) is 3.48. The van der Waals surface area contributed by atoms with Gasteiger partial charge in [-0.25, -0.2) is 0 Å². The fourth-order valence-electron chi connectivity index (χ4n) is 3.48. The van der Waals surface area contributed by atoms with Crippen LogP contribution in [0.4, 0.5) is 5.69 Å². The molecule has 3 rings (SSSR count). The van der Waals surface area contributed by atoms with E-state index < -0.39 is 11.8 Å². The molecule has 0 N–H and O–H groups in total. The number of benzene rings is 1. The topological polar surface area (TPSA) is 73.4 Å². The standard InChI is InChI=1S/C20H28N4O4/c1-2-21(17-6-4-3-5-7-17)16-18(25)22-8-10-23(11-9-22)19(26)20(27)24-12-14-28-15-13-24/h3-7H,2,8-16H2,1H3. The van der Waals surface area contributed by atoms with Crippen LogP contribution in [-0.2, 0) is 19.1 Å². The van der Waals surface area contributed by atoms with Crippen molar-refractivity contribution in [3.63, 3.8) is 0 Å². The van der Waals surface area contributed by atoms with Gasteiger partial charge >= 0.3 is 11.8 Å². The first-order chi connectivity index (χ1) is 13.6. The summed E-state index contributed by atoms with van der Waals surface area (Å²) < 4.78 is 5.22. The van der Waals surface area contributed by atoms with Gasteiger partial charge in [-0.15, -0.1) is 0 Å². The third-order valence-electron chi connectivity index (χ3n) is 5.23. The molecule has 2 aliphatic rings. The van der Waals surface area contributed by atoms with Gasteiger partial charge in [0.05, 0.1) is 19.8 Å². The minimum atomic E-state index is -0.478. The molecule has 0 aliphatic carbocycles. The zero-order chi connectivity index (χ0) is 19.9. The molecule has 28 heavy (non-hydrogen) atoms. The third-order valence-corrected chi connectivity index (χ3v) is 5.23. The number of likely N-dealkylation sites (N-methyl/N-ethyl adjacent to an activating group) is 1. The maximum absolute atomic E-state index is 12.7. The van der Waals surface area contributed by atoms with E-state index in [0.29, 0.717) is 59.0 Å². The lowest BCUT2D eigenvalue weighted by molar-refractivity contribution is -0.155. The van der Waals surface area contributed by atoms with Crippen LogP contribution in [0, 0.1) is 0 Å². The summed E-state index contributed by atoms with van der Waals surface area (Å²) in [5.41, 5.74) is 1.02. The van der Waals surface area contributed by atoms with E-state index in [1.165, 1.54) is 0 Å². The Labute approximate surface area is 165 Å². The second-order valence-electron chi connectivity index (χ2n) is 6.93. The van der Waals surface area contributed by atoms with Crippen molar-refractivity contribution in [2.45, 2.75) is 6.92 Å². The zero-order valence-corrected chi connectivity index (χ0v) is 16.4. The Morgan fingerprint density at radius 3 is 1.96 bits per heavy atom. The summed E-state index contributed by atoms with van der Waals surface area (Å²) in [6.45, 7) is 6.59. The van der Waals surface area contributed by atoms with Crippen LogP contribution in [0.1, 0.15) is 6.92 Å². The van der Waals surface area contributed by atoms with Crippen molar-refractivity contribution in [3.8, 4) is 0 Å². The highest BCUT2D eigenvalue weighted by atomic mass is 16.5. The molecule has 0 bridgehead atoms. The van der Waals surface area contributed by atoms with E-state index in [9.17, 15) is 14.4 Å². The summed E-state index contributed by atoms with van der Waals surface area (Å²) in [7, 11) is 0. The zero-order valence-electron chi connectivity index (χ0n) is 16.4. The van der Waals surface area contributed by atoms with Gasteiger partial charge in [-0.05, 0) is 19.1 Å². The summed E-state index contributed by atoms with van der Waals surface area (Å²) in [6, 6.07) is 9.85. The molecule has 0 saturated carbocycles. The lowest BCUT2D eigenvalue weighted by atomic mass is 10.2. The van der Waals surface area contributed by atoms with Crippen LogP contribution in [0.5, 0.6) is 0 Å². The summed E-state index contributed by atoms with van der Waals surface area (Å²) in [6.07, 6.45) is 0. The van der Waals surface area contributed by atoms with Gasteiger partial charge in [-0.2, -0.15) is 0 Å². The number of piperazine rings is 1. The van der Waals surface area contributed by atoms with Crippen LogP contribution >= 0.6 is 0 Å². The van der Waals surface area contributed by atoms with Crippen molar-refractivity contribution in [1.29, 1.82) is 0 Å². The summed E-state index contributed by atoms with van der Waals surface area (Å²) in [5, 5.41) is 0. The molecule has 8 nitrogen and oxygen atoms in total. The van der Waals surface area contributed by atoms with Crippen LogP contribution < -0.4 is 4.90 Å². The van der Waals surface area contributed by atoms with Gasteiger partial charge in [0.25, 0.3) is 0 Å². The quantitative estimate of drug-likeness (QED) is 0.681. The van der Waals surface area contributed by atoms with Crippen molar-refractivity contribution in [2.75, 3.05) is 70.5 Å². The number of para-hydroxylation sites is 1. The van der Waals surface area contributed by atoms with Crippen molar-refractivity contribution in [2.24, 2.45) is 0 Å². The molecule has 2 fully saturated rings. The number of hydrogen-bond donors (Lipinski definition) is 0. The Hall–Kier alpha value is -2.61. The number of hydrogen-bond acceptors (Lipinski definition) is 5. The lowest BCUT2D eigenvalue weighted by Gasteiger charge is -2.36. The van der Waals surface area contributed by atoms with Crippen molar-refractivity contribution in [3.05, 3.63) is 30.3 Å². The molecule has 2 aliphatic heterocycles. The highest BCUT2D eigenvalue weighted by Gasteiger charge is 2.31. The van der Waals surface area contributed by atoms with E-state index in [1.807, 2.05) is 42.2 Å². The number of amides is 3.